The van der Waals surface area contributed by atoms with Gasteiger partial charge in [0.15, 0.2) is 11.6 Å². The Bertz CT molecular complexity index is 5160. The lowest BCUT2D eigenvalue weighted by Crippen LogP contribution is -2.54. The second-order valence-electron chi connectivity index (χ2n) is 26.1. The Balaban J connectivity index is 0.000000291. The van der Waals surface area contributed by atoms with Crippen LogP contribution in [0.5, 0.6) is 0 Å². The molecule has 0 aliphatic heterocycles. The van der Waals surface area contributed by atoms with Crippen LogP contribution in [-0.2, 0) is 40.0 Å². The fraction of sp³-hybridized carbons (Fsp3) is 0.324. The van der Waals surface area contributed by atoms with E-state index in [1.54, 1.807) is 5.32 Å². The summed E-state index contributed by atoms with van der Waals surface area (Å²) in [5, 5.41) is 62.8. The van der Waals surface area contributed by atoms with Crippen LogP contribution in [0.3, 0.4) is 0 Å². The number of amides is 2. The molecule has 8 aromatic carbocycles. The van der Waals surface area contributed by atoms with E-state index in [0.717, 1.165) is 70.4 Å². The molecule has 0 aliphatic rings. The van der Waals surface area contributed by atoms with Crippen molar-refractivity contribution in [3.63, 3.8) is 0 Å². The van der Waals surface area contributed by atoms with Crippen molar-refractivity contribution in [2.75, 3.05) is 46.8 Å². The summed E-state index contributed by atoms with van der Waals surface area (Å²) >= 11 is 0. The van der Waals surface area contributed by atoms with Gasteiger partial charge < -0.3 is 63.4 Å². The maximum Gasteiger partial charge on any atom is 0.430 e. The largest absolute Gasteiger partial charge is 0.430 e. The first-order chi connectivity index (χ1) is 55.2. The summed E-state index contributed by atoms with van der Waals surface area (Å²) in [6, 6.07) is 12.4. The van der Waals surface area contributed by atoms with E-state index in [9.17, 15) is 208 Å². The van der Waals surface area contributed by atoms with Crippen molar-refractivity contribution in [1.29, 1.82) is 0 Å². The molecule has 14 N–H and O–H groups in total. The Kier molecular flexibility index (Phi) is 27.0. The van der Waals surface area contributed by atoms with Gasteiger partial charge in [0.1, 0.15) is 0 Å². The zero-order valence-electron chi connectivity index (χ0n) is 60.5. The smallest absolute Gasteiger partial charge is 0.398 e. The van der Waals surface area contributed by atoms with Gasteiger partial charge in [-0.3, -0.25) is 19.2 Å². The number of nitrogen functional groups attached to an aromatic ring is 2. The van der Waals surface area contributed by atoms with E-state index in [1.807, 2.05) is 16.0 Å². The number of benzene rings is 8. The molecule has 0 unspecified atom stereocenters. The molecule has 8 aromatic rings. The van der Waals surface area contributed by atoms with Gasteiger partial charge in [0, 0.05) is 120 Å². The fourth-order valence-electron chi connectivity index (χ4n) is 12.0. The zero-order valence-corrected chi connectivity index (χ0v) is 60.5. The lowest BCUT2D eigenvalue weighted by molar-refractivity contribution is -0.376. The van der Waals surface area contributed by atoms with E-state index in [4.69, 9.17) is 11.5 Å². The molecule has 0 atom stereocenters. The topological polar surface area (TPSA) is 290 Å². The van der Waals surface area contributed by atoms with Gasteiger partial charge in [-0.15, -0.1) is 0 Å². The molecule has 8 rings (SSSR count). The normalized spacial score (nSPS) is 13.8. The molecule has 0 fully saturated rings. The number of hydrogen-bond acceptors (Lipinski definition) is 14. The van der Waals surface area contributed by atoms with Gasteiger partial charge in [-0.1, -0.05) is 84.9 Å². The second-order valence-corrected chi connectivity index (χ2v) is 26.1. The van der Waals surface area contributed by atoms with Crippen LogP contribution in [0.2, 0.25) is 0 Å². The molecule has 0 heterocycles. The van der Waals surface area contributed by atoms with Crippen molar-refractivity contribution in [3.8, 4) is 0 Å². The van der Waals surface area contributed by atoms with E-state index < -0.39 is 243 Å². The number of nitrogens with two attached hydrogens (primary N) is 2. The van der Waals surface area contributed by atoms with E-state index in [1.165, 1.54) is 18.2 Å². The van der Waals surface area contributed by atoms with E-state index in [-0.39, 0.29) is 77.4 Å². The predicted octanol–water partition coefficient (Wildman–Crippen LogP) is 19.0. The van der Waals surface area contributed by atoms with E-state index in [0.29, 0.717) is 12.1 Å². The van der Waals surface area contributed by atoms with Gasteiger partial charge in [0.25, 0.3) is 45.4 Å². The van der Waals surface area contributed by atoms with Crippen LogP contribution in [0.1, 0.15) is 99.8 Å². The van der Waals surface area contributed by atoms with Crippen molar-refractivity contribution in [1.82, 2.24) is 0 Å². The van der Waals surface area contributed by atoms with Gasteiger partial charge >= 0.3 is 74.1 Å². The van der Waals surface area contributed by atoms with Crippen LogP contribution < -0.4 is 32.7 Å². The first-order valence-electron chi connectivity index (χ1n) is 32.5. The fourth-order valence-corrected chi connectivity index (χ4v) is 12.0. The quantitative estimate of drug-likeness (QED) is 0.0243. The minimum absolute atomic E-state index is 0.0399. The van der Waals surface area contributed by atoms with Gasteiger partial charge in [0.2, 0.25) is 0 Å². The second kappa shape index (κ2) is 32.9. The predicted molar refractivity (Wildman–Crippen MR) is 356 cm³/mol. The Hall–Kier alpha value is -11.0. The average molecular weight is 1830 g/mol. The monoisotopic (exact) mass is 1830 g/mol. The molecule has 16 nitrogen and oxygen atoms in total. The number of carbonyl (C=O) groups is 4. The Morgan fingerprint density at radius 2 is 0.520 bits per heavy atom. The summed E-state index contributed by atoms with van der Waals surface area (Å²) < 4.78 is 488. The highest BCUT2D eigenvalue weighted by Crippen LogP contribution is 2.61. The SMILES string of the molecule is CNc1c(C(O)(C(F)(F)F)C(F)(F)F)ccc2c(NC(=O)c3cccc(C(C)=O)c3)c(C(O)(C(F)(F)F)C(F)(F)F)ccc12.CNc1ccc(Cc2ccc(NC(=O)c3cccc(C(C)=O)c3)c(C(O)(C(F)(F)F)C(F)(F)F)c2)cc1C(O)(C(F)(F)F)C(F)(F)F.Nc1c(C(O)(C(F)(F)F)C(F)(F)F)ccc2c(N)c(C(O)(C(F)(F)F)C(F)(F)F)ccc12. The lowest BCUT2D eigenvalue weighted by Gasteiger charge is -2.36. The number of rotatable bonds is 16. The number of hydrogen-bond donors (Lipinski definition) is 12. The minimum Gasteiger partial charge on any atom is -0.398 e. The summed E-state index contributed by atoms with van der Waals surface area (Å²) in [4.78, 5) is 49.2. The molecule has 52 heteroatoms. The van der Waals surface area contributed by atoms with Gasteiger partial charge in [0.05, 0.1) is 5.69 Å². The third-order valence-electron chi connectivity index (χ3n) is 18.4. The van der Waals surface area contributed by atoms with Crippen LogP contribution in [0, 0.1) is 0 Å². The van der Waals surface area contributed by atoms with Crippen molar-refractivity contribution in [3.05, 3.63) is 200 Å². The number of fused-ring (bicyclic) bond motifs is 2. The highest BCUT2D eigenvalue weighted by Gasteiger charge is 2.78. The van der Waals surface area contributed by atoms with E-state index in [2.05, 4.69) is 0 Å². The van der Waals surface area contributed by atoms with Crippen LogP contribution in [-0.4, -0.2) is 142 Å². The highest BCUT2D eigenvalue weighted by molar-refractivity contribution is 6.13. The highest BCUT2D eigenvalue weighted by atomic mass is 19.5. The van der Waals surface area contributed by atoms with Crippen LogP contribution >= 0.6 is 0 Å². The number of aliphatic hydroxyl groups is 6. The summed E-state index contributed by atoms with van der Waals surface area (Å²) in [7, 11) is 1.67. The molecule has 0 spiro atoms. The molecular formula is C71H50F36N6O10. The first-order valence-corrected chi connectivity index (χ1v) is 32.5. The van der Waals surface area contributed by atoms with Crippen LogP contribution in [0.25, 0.3) is 21.5 Å². The molecular weight excluding hydrogens is 1780 g/mol. The third kappa shape index (κ3) is 18.0. The molecule has 676 valence electrons. The number of nitrogens with one attached hydrogen (secondary N) is 4. The Morgan fingerprint density at radius 1 is 0.276 bits per heavy atom. The molecule has 0 saturated carbocycles. The number of ketones is 2. The number of halogens is 36. The Labute approximate surface area is 660 Å². The van der Waals surface area contributed by atoms with Gasteiger partial charge in [-0.25, -0.2) is 0 Å². The van der Waals surface area contributed by atoms with Crippen molar-refractivity contribution in [2.24, 2.45) is 0 Å². The molecule has 0 aliphatic carbocycles. The third-order valence-corrected chi connectivity index (χ3v) is 18.4. The maximum atomic E-state index is 13.9. The van der Waals surface area contributed by atoms with Crippen molar-refractivity contribution < 1.29 is 208 Å². The number of alkyl halides is 36. The van der Waals surface area contributed by atoms with Gasteiger partial charge in [-0.05, 0) is 79.9 Å². The standard InChI is InChI=1S/C29H22F12N2O4.C26H18F12N2O4.C16H10F12N2O2/c1-14(44)17-4-3-5-18(13-17)23(45)43-22-9-7-16(12-20(22)25(47,28(36,37)38)29(39,40)41)10-15-6-8-21(42-2)19(11-15)24(46,26(30,31)32)27(33,34)35;1-11(41)12-4-3-5-13(10-12)20(42)40-19-15-7-8-16(21(43,23(27,28)29)24(30,31)32)18(39-2)14(15)6-9-17(19)22(44,25(33,34)35)26(36,37)38;17-13(18,19)11(31,14(20,21)22)7-3-1-5-6(10(7)30)2-4-8(9(5)29)12(32,15(23,24)25)16(26,27)28/h3-9,11-13,42,46-47H,10H2,1-2H3,(H,43,45);3-10,39,43-44H,1-2H3,(H,40,42);1-4,31-32H,29-30H2. The average Bonchev–Trinajstić information content (AvgIpc) is 0.721. The molecule has 2 amide bonds. The zero-order chi connectivity index (χ0) is 95.1. The summed E-state index contributed by atoms with van der Waals surface area (Å²) in [5.41, 5.74) is -44.7. The van der Waals surface area contributed by atoms with Crippen LogP contribution in [0.15, 0.2) is 133 Å². The summed E-state index contributed by atoms with van der Waals surface area (Å²) in [6.45, 7) is 2.18. The minimum atomic E-state index is -6.54. The molecule has 0 aromatic heterocycles. The molecule has 0 radical (unpaired) electrons. The van der Waals surface area contributed by atoms with Crippen LogP contribution in [0.4, 0.5) is 192 Å². The molecule has 0 bridgehead atoms. The number of anilines is 6. The summed E-state index contributed by atoms with van der Waals surface area (Å²) in [5.74, 6) is -3.93. The van der Waals surface area contributed by atoms with Crippen molar-refractivity contribution in [2.45, 2.75) is 128 Å². The van der Waals surface area contributed by atoms with Gasteiger partial charge in [-0.2, -0.15) is 158 Å². The Morgan fingerprint density at radius 3 is 0.813 bits per heavy atom. The molecule has 123 heavy (non-hydrogen) atoms. The number of Topliss-reactive ketones (excluding diaryl/α,β-unsaturated/α-hetero) is 2. The first kappa shape index (κ1) is 101. The lowest BCUT2D eigenvalue weighted by atomic mass is 9.84. The maximum absolute atomic E-state index is 13.9. The van der Waals surface area contributed by atoms with Crippen molar-refractivity contribution >= 4 is 79.1 Å². The number of carbonyl (C=O) groups excluding carboxylic acids is 4. The summed E-state index contributed by atoms with van der Waals surface area (Å²) in [6.07, 6.45) is -78.0. The molecule has 0 saturated heterocycles. The van der Waals surface area contributed by atoms with E-state index >= 15 is 0 Å².